The van der Waals surface area contributed by atoms with Gasteiger partial charge in [0.2, 0.25) is 5.88 Å². The molecule has 2 N–H and O–H groups in total. The number of hydrogen-bond donors (Lipinski definition) is 2. The number of nitrogens with zero attached hydrogens (tertiary/aromatic N) is 3. The second-order valence-electron chi connectivity index (χ2n) is 8.48. The second kappa shape index (κ2) is 8.14. The summed E-state index contributed by atoms with van der Waals surface area (Å²) >= 11 is 1.29. The Morgan fingerprint density at radius 2 is 2.00 bits per heavy atom. The maximum Gasteiger partial charge on any atom is 0.265 e. The standard InChI is InChI=1S/C23H24FN5O2S/c1-12-6-17(7-13(2)25-12)31-20-5-4-15-8-19(32-23(15)28-20)22(30)27-16-9-18(24)21-26-14(3)10-29(21)11-16/h4-5,8-13,17,25H,6-7H2,1-3H3,(H,27,30). The van der Waals surface area contributed by atoms with Crippen molar-refractivity contribution in [2.24, 2.45) is 0 Å². The van der Waals surface area contributed by atoms with Gasteiger partial charge in [0.25, 0.3) is 5.91 Å². The minimum Gasteiger partial charge on any atom is -0.474 e. The van der Waals surface area contributed by atoms with Crippen LogP contribution in [0.4, 0.5) is 10.1 Å². The summed E-state index contributed by atoms with van der Waals surface area (Å²) < 4.78 is 22.0. The van der Waals surface area contributed by atoms with Crippen LogP contribution in [0.1, 0.15) is 42.1 Å². The zero-order chi connectivity index (χ0) is 22.4. The van der Waals surface area contributed by atoms with E-state index in [0.29, 0.717) is 34.2 Å². The molecule has 1 aliphatic heterocycles. The number of anilines is 1. The molecule has 5 rings (SSSR count). The molecule has 0 aromatic carbocycles. The number of hydrogen-bond acceptors (Lipinski definition) is 6. The zero-order valence-electron chi connectivity index (χ0n) is 18.1. The third-order valence-corrected chi connectivity index (χ3v) is 6.60. The molecule has 1 fully saturated rings. The highest BCUT2D eigenvalue weighted by Crippen LogP contribution is 2.28. The molecule has 0 radical (unpaired) electrons. The number of pyridine rings is 2. The average Bonchev–Trinajstić information content (AvgIpc) is 3.30. The minimum absolute atomic E-state index is 0.116. The fraction of sp³-hybridized carbons (Fsp3) is 0.348. The van der Waals surface area contributed by atoms with Crippen molar-refractivity contribution in [2.75, 3.05) is 5.32 Å². The van der Waals surface area contributed by atoms with Gasteiger partial charge in [0.05, 0.1) is 16.3 Å². The summed E-state index contributed by atoms with van der Waals surface area (Å²) in [6.45, 7) is 6.11. The Morgan fingerprint density at radius 1 is 1.22 bits per heavy atom. The maximum atomic E-state index is 14.3. The molecule has 7 nitrogen and oxygen atoms in total. The molecule has 1 aliphatic rings. The van der Waals surface area contributed by atoms with E-state index in [-0.39, 0.29) is 17.7 Å². The van der Waals surface area contributed by atoms with Gasteiger partial charge in [0.1, 0.15) is 10.9 Å². The van der Waals surface area contributed by atoms with Crippen molar-refractivity contribution in [1.82, 2.24) is 19.7 Å². The van der Waals surface area contributed by atoms with Crippen LogP contribution in [-0.4, -0.2) is 38.5 Å². The maximum absolute atomic E-state index is 14.3. The number of rotatable bonds is 4. The molecule has 0 aliphatic carbocycles. The van der Waals surface area contributed by atoms with E-state index < -0.39 is 5.82 Å². The van der Waals surface area contributed by atoms with Crippen LogP contribution in [0.2, 0.25) is 0 Å². The number of ether oxygens (including phenoxy) is 1. The van der Waals surface area contributed by atoms with Crippen LogP contribution in [-0.2, 0) is 0 Å². The Labute approximate surface area is 188 Å². The molecule has 32 heavy (non-hydrogen) atoms. The third-order valence-electron chi connectivity index (χ3n) is 5.56. The first-order chi connectivity index (χ1) is 15.3. The number of imidazole rings is 1. The van der Waals surface area contributed by atoms with Crippen molar-refractivity contribution in [1.29, 1.82) is 0 Å². The highest BCUT2D eigenvalue weighted by molar-refractivity contribution is 7.20. The van der Waals surface area contributed by atoms with E-state index in [1.807, 2.05) is 12.1 Å². The van der Waals surface area contributed by atoms with E-state index in [9.17, 15) is 9.18 Å². The van der Waals surface area contributed by atoms with E-state index in [4.69, 9.17) is 4.74 Å². The number of halogens is 1. The number of amides is 1. The Bertz CT molecular complexity index is 1310. The van der Waals surface area contributed by atoms with E-state index in [1.54, 1.807) is 29.8 Å². The average molecular weight is 454 g/mol. The Kier molecular flexibility index (Phi) is 5.30. The van der Waals surface area contributed by atoms with Crippen molar-refractivity contribution < 1.29 is 13.9 Å². The molecule has 1 saturated heterocycles. The monoisotopic (exact) mass is 453 g/mol. The van der Waals surface area contributed by atoms with Gasteiger partial charge in [-0.1, -0.05) is 0 Å². The largest absolute Gasteiger partial charge is 0.474 e. The molecule has 4 aromatic rings. The highest BCUT2D eigenvalue weighted by atomic mass is 32.1. The van der Waals surface area contributed by atoms with E-state index in [2.05, 4.69) is 34.4 Å². The molecule has 1 amide bonds. The first-order valence-corrected chi connectivity index (χ1v) is 11.4. The summed E-state index contributed by atoms with van der Waals surface area (Å²) in [6.07, 6.45) is 5.34. The lowest BCUT2D eigenvalue weighted by atomic mass is 9.98. The summed E-state index contributed by atoms with van der Waals surface area (Å²) in [7, 11) is 0. The van der Waals surface area contributed by atoms with Crippen LogP contribution in [0, 0.1) is 12.7 Å². The molecule has 2 unspecified atom stereocenters. The van der Waals surface area contributed by atoms with Crippen molar-refractivity contribution >= 4 is 38.8 Å². The Morgan fingerprint density at radius 3 is 2.78 bits per heavy atom. The number of fused-ring (bicyclic) bond motifs is 2. The van der Waals surface area contributed by atoms with Gasteiger partial charge in [-0.25, -0.2) is 14.4 Å². The topological polar surface area (TPSA) is 80.5 Å². The Balaban J connectivity index is 1.34. The molecule has 166 valence electrons. The second-order valence-corrected chi connectivity index (χ2v) is 9.51. The zero-order valence-corrected chi connectivity index (χ0v) is 18.9. The molecule has 5 heterocycles. The van der Waals surface area contributed by atoms with Gasteiger partial charge in [0, 0.05) is 42.0 Å². The van der Waals surface area contributed by atoms with Crippen LogP contribution in [0.5, 0.6) is 5.88 Å². The van der Waals surface area contributed by atoms with Crippen molar-refractivity contribution in [3.63, 3.8) is 0 Å². The van der Waals surface area contributed by atoms with Gasteiger partial charge < -0.3 is 19.8 Å². The van der Waals surface area contributed by atoms with Crippen LogP contribution < -0.4 is 15.4 Å². The smallest absolute Gasteiger partial charge is 0.265 e. The van der Waals surface area contributed by atoms with Gasteiger partial charge in [0.15, 0.2) is 11.5 Å². The number of piperidine rings is 1. The number of thiophene rings is 1. The van der Waals surface area contributed by atoms with Gasteiger partial charge in [-0.2, -0.15) is 0 Å². The van der Waals surface area contributed by atoms with Crippen molar-refractivity contribution in [3.05, 3.63) is 53.0 Å². The van der Waals surface area contributed by atoms with Gasteiger partial charge in [-0.3, -0.25) is 4.79 Å². The van der Waals surface area contributed by atoms with Crippen molar-refractivity contribution in [3.8, 4) is 5.88 Å². The normalized spacial score (nSPS) is 21.2. The lowest BCUT2D eigenvalue weighted by Gasteiger charge is -2.32. The number of nitrogens with one attached hydrogen (secondary N) is 2. The van der Waals surface area contributed by atoms with Crippen molar-refractivity contribution in [2.45, 2.75) is 51.8 Å². The highest BCUT2D eigenvalue weighted by Gasteiger charge is 2.25. The first-order valence-electron chi connectivity index (χ1n) is 10.6. The number of aryl methyl sites for hydroxylation is 1. The molecule has 4 aromatic heterocycles. The van der Waals surface area contributed by atoms with Gasteiger partial charge in [-0.15, -0.1) is 11.3 Å². The molecule has 0 saturated carbocycles. The number of carbonyl (C=O) groups is 1. The van der Waals surface area contributed by atoms with Crippen LogP contribution >= 0.6 is 11.3 Å². The lowest BCUT2D eigenvalue weighted by molar-refractivity contribution is 0.103. The third kappa shape index (κ3) is 4.18. The summed E-state index contributed by atoms with van der Waals surface area (Å²) in [6, 6.07) is 7.63. The first kappa shape index (κ1) is 20.8. The molecular formula is C23H24FN5O2S. The van der Waals surface area contributed by atoms with Crippen LogP contribution in [0.15, 0.2) is 36.7 Å². The molecular weight excluding hydrogens is 429 g/mol. The molecule has 9 heteroatoms. The summed E-state index contributed by atoms with van der Waals surface area (Å²) in [5.41, 5.74) is 1.30. The predicted octanol–water partition coefficient (Wildman–Crippen LogP) is 4.55. The van der Waals surface area contributed by atoms with Gasteiger partial charge >= 0.3 is 0 Å². The fourth-order valence-electron chi connectivity index (χ4n) is 4.29. The van der Waals surface area contributed by atoms with E-state index in [1.165, 1.54) is 17.4 Å². The van der Waals surface area contributed by atoms with Crippen LogP contribution in [0.25, 0.3) is 15.9 Å². The van der Waals surface area contributed by atoms with Gasteiger partial charge in [-0.05, 0) is 45.7 Å². The summed E-state index contributed by atoms with van der Waals surface area (Å²) in [4.78, 5) is 22.8. The SMILES string of the molecule is Cc1cn2cc(NC(=O)c3cc4ccc(OC5CC(C)NC(C)C5)nc4s3)cc(F)c2n1. The molecule has 0 bridgehead atoms. The quantitative estimate of drug-likeness (QED) is 0.474. The molecule has 0 spiro atoms. The molecule has 2 atom stereocenters. The van der Waals surface area contributed by atoms with E-state index in [0.717, 1.165) is 23.1 Å². The van der Waals surface area contributed by atoms with Crippen LogP contribution in [0.3, 0.4) is 0 Å². The Hall–Kier alpha value is -3.04. The van der Waals surface area contributed by atoms with E-state index >= 15 is 0 Å². The summed E-state index contributed by atoms with van der Waals surface area (Å²) in [5, 5.41) is 7.14. The number of aromatic nitrogens is 3. The summed E-state index contributed by atoms with van der Waals surface area (Å²) in [5.74, 6) is -0.232. The number of carbonyl (C=O) groups excluding carboxylic acids is 1. The lowest BCUT2D eigenvalue weighted by Crippen LogP contribution is -2.46. The fourth-order valence-corrected chi connectivity index (χ4v) is 5.21. The minimum atomic E-state index is -0.489. The predicted molar refractivity (Wildman–Crippen MR) is 123 cm³/mol.